The van der Waals surface area contributed by atoms with Gasteiger partial charge in [-0.1, -0.05) is 134 Å². The minimum atomic E-state index is -5.66. The van der Waals surface area contributed by atoms with E-state index in [9.17, 15) is 83.4 Å². The van der Waals surface area contributed by atoms with Gasteiger partial charge in [0.1, 0.15) is 72.9 Å². The standard InChI is InChI=1S/C18H15P.C15H20N2O6.C13H17NO5.C12H19N2O14P3.C10H15IN2O5.C3H6O.Pd/c1-4-10-16(11-5-1)19(17-12-6-2-7-13-17)18-14-8-3-9-15-18;1-8(19)3-2-4-9-6-17(12(20)5-10(9)16)15-14(22)13(21)11(7-18)23-15;15-6-9-11(17)12(18)13(19-9)14-5-8-3-1-2-7(8)4-10(14)16;15-8-9(16)11(25-5-29(18,19)27-31(23,24)28-30(20,21)22)26-10(8)14-4-6-2-1-3-7(6)13-12(14)17;11-4-2-13(7(15)1-5(4)12)10-9(17)8(16)6(3-14)18-10;1-3-4-2;/h1-15H;6,10-11,13-15,18,21-22H,3,5,7,16H2,1H3;1,3,5,7,9,11-13,15,17-18H,2,4,6H2;1-2,4,7-11,15-16H,3,5H2,(H,13,17)(H,18,19)(H,23,24)(H2,20,21,22);2,5-6,8-10,14,16-17H,1,3,12H2;3H,1H2,2H3;. The van der Waals surface area contributed by atoms with E-state index in [0.29, 0.717) is 24.0 Å². The molecule has 8 heterocycles. The number of carbonyl (C=O) groups is 5. The molecule has 38 nitrogen and oxygen atoms in total. The molecule has 3 aromatic rings. The molecule has 5 amide bonds. The minimum absolute atomic E-state index is 0. The Hall–Kier alpha value is -5.90. The Morgan fingerprint density at radius 3 is 1.47 bits per heavy atom. The van der Waals surface area contributed by atoms with Crippen molar-refractivity contribution in [2.24, 2.45) is 17.4 Å². The minimum Gasteiger partial charge on any atom is -0.505 e. The summed E-state index contributed by atoms with van der Waals surface area (Å²) in [6, 6.07) is 30.5. The van der Waals surface area contributed by atoms with Crippen LogP contribution in [0.15, 0.2) is 173 Å². The van der Waals surface area contributed by atoms with Gasteiger partial charge in [-0.2, -0.15) is 4.31 Å². The second-order valence-corrected chi connectivity index (χ2v) is 34.7. The Kier molecular flexibility index (Phi) is 36.7. The number of fused-ring (bicyclic) bond motifs is 2. The molecule has 3 aromatic carbocycles. The van der Waals surface area contributed by atoms with Crippen LogP contribution >= 0.6 is 53.8 Å². The first-order valence-electron chi connectivity index (χ1n) is 35.1. The van der Waals surface area contributed by atoms with Crippen LogP contribution in [0.1, 0.15) is 45.4 Å². The van der Waals surface area contributed by atoms with Gasteiger partial charge in [0, 0.05) is 85.7 Å². The van der Waals surface area contributed by atoms with Crippen molar-refractivity contribution < 1.29 is 171 Å². The quantitative estimate of drug-likeness (QED) is 0.0213. The third-order valence-corrected chi connectivity index (χ3v) is 25.7. The third-order valence-electron chi connectivity index (χ3n) is 18.2. The van der Waals surface area contributed by atoms with Crippen molar-refractivity contribution >= 4 is 99.2 Å². The third kappa shape index (κ3) is 25.8. The molecular formula is C71H92IN7O31P4Pd. The number of halogens is 1. The number of aliphatic hydroxyl groups is 11. The molecule has 0 bridgehead atoms. The van der Waals surface area contributed by atoms with Gasteiger partial charge in [0.2, 0.25) is 17.7 Å². The number of amides is 5. The van der Waals surface area contributed by atoms with Crippen LogP contribution in [-0.4, -0.2) is 275 Å². The Labute approximate surface area is 688 Å². The zero-order valence-corrected chi connectivity index (χ0v) is 68.6. The summed E-state index contributed by atoms with van der Waals surface area (Å²) < 4.78 is 72.2. The van der Waals surface area contributed by atoms with Crippen LogP contribution in [-0.2, 0) is 90.3 Å². The Morgan fingerprint density at radius 2 is 1.02 bits per heavy atom. The number of aliphatic hydroxyl groups excluding tert-OH is 11. The Balaban J connectivity index is 0.000000199. The number of ketones is 1. The number of ether oxygens (including phenoxy) is 6. The number of hydrogen-bond donors (Lipinski definition) is 18. The molecule has 634 valence electrons. The number of nitrogens with two attached hydrogens (primary N) is 2. The fourth-order valence-corrected chi connectivity index (χ4v) is 18.6. The average Bonchev–Trinajstić information content (AvgIpc) is 1.62. The van der Waals surface area contributed by atoms with Gasteiger partial charge in [0.05, 0.1) is 45.7 Å². The van der Waals surface area contributed by atoms with E-state index in [1.54, 1.807) is 19.4 Å². The first kappa shape index (κ1) is 96.2. The van der Waals surface area contributed by atoms with Gasteiger partial charge < -0.3 is 121 Å². The van der Waals surface area contributed by atoms with E-state index in [1.165, 1.54) is 57.5 Å². The van der Waals surface area contributed by atoms with E-state index < -0.39 is 168 Å². The predicted molar refractivity (Wildman–Crippen MR) is 411 cm³/mol. The van der Waals surface area contributed by atoms with Crippen molar-refractivity contribution in [1.29, 1.82) is 0 Å². The van der Waals surface area contributed by atoms with Crippen LogP contribution in [0.25, 0.3) is 0 Å². The van der Waals surface area contributed by atoms with Crippen molar-refractivity contribution in [1.82, 2.24) is 24.9 Å². The van der Waals surface area contributed by atoms with Gasteiger partial charge in [0.25, 0.3) is 0 Å². The van der Waals surface area contributed by atoms with Crippen molar-refractivity contribution in [3.05, 3.63) is 173 Å². The number of allylic oxidation sites excluding steroid dienone is 3. The Morgan fingerprint density at radius 1 is 0.600 bits per heavy atom. The topological polar surface area (TPSA) is 591 Å². The molecule has 0 radical (unpaired) electrons. The molecule has 10 aliphatic rings. The molecule has 4 fully saturated rings. The molecule has 0 aromatic heterocycles. The zero-order valence-electron chi connectivity index (χ0n) is 61.3. The molecular weight excluding hydrogens is 1800 g/mol. The van der Waals surface area contributed by atoms with E-state index in [1.807, 2.05) is 40.8 Å². The normalized spacial score (nSPS) is 31.4. The number of methoxy groups -OCH3 is 1. The van der Waals surface area contributed by atoms with Gasteiger partial charge >= 0.3 is 29.3 Å². The maximum absolute atomic E-state index is 12.3. The number of hydrogen-bond acceptors (Lipinski definition) is 29. The second-order valence-electron chi connectivity index (χ2n) is 26.5. The largest absolute Gasteiger partial charge is 0.505 e. The molecule has 4 saturated heterocycles. The number of rotatable bonds is 19. The van der Waals surface area contributed by atoms with Crippen LogP contribution < -0.4 is 32.7 Å². The number of Topliss-reactive ketones (excluding diaryl/α,β-unsaturated/α-hetero) is 1. The molecule has 0 saturated carbocycles. The first-order valence-corrected chi connectivity index (χ1v) is 42.3. The summed E-state index contributed by atoms with van der Waals surface area (Å²) in [6.45, 7) is 3.38. The van der Waals surface area contributed by atoms with Gasteiger partial charge in [-0.15, -0.1) is 0 Å². The second kappa shape index (κ2) is 43.9. The molecule has 2 aliphatic carbocycles. The molecule has 22 atom stereocenters. The first-order chi connectivity index (χ1) is 53.9. The molecule has 13 rings (SSSR count). The summed E-state index contributed by atoms with van der Waals surface area (Å²) >= 11 is 2.01. The van der Waals surface area contributed by atoms with Crippen molar-refractivity contribution in [3.8, 4) is 11.8 Å². The van der Waals surface area contributed by atoms with Gasteiger partial charge in [-0.05, 0) is 83.3 Å². The summed E-state index contributed by atoms with van der Waals surface area (Å²) in [6.07, 6.45) is -4.50. The summed E-state index contributed by atoms with van der Waals surface area (Å²) in [5.41, 5.74) is 13.8. The monoisotopic (exact) mass is 1900 g/mol. The fourth-order valence-electron chi connectivity index (χ4n) is 12.5. The maximum atomic E-state index is 12.3. The smallest absolute Gasteiger partial charge is 0.488 e. The van der Waals surface area contributed by atoms with Gasteiger partial charge in [-0.3, -0.25) is 43.3 Å². The SMILES string of the molecule is C=COC.CC(=O)CC#CC1=CN(C2OC(CO)C(O)C2O)C(=O)CC1N.NC1CC(=O)N(C2OC(CO)C(O)C2O)C=C1I.O=C1CC2CC=CC2=CN1C1OC(CO)C(O)C1O.O=C1NC2CC=CC2=CN1C1OC(OCP(=O)(O)OP(=O)(O)OP(=O)(O)O)C(O)C1O.[Pd].c1ccc(P(c2ccccc2)c2ccccc2)cc1. The number of urea groups is 1. The summed E-state index contributed by atoms with van der Waals surface area (Å²) in [7, 11) is -15.2. The van der Waals surface area contributed by atoms with Crippen molar-refractivity contribution in [3.63, 3.8) is 0 Å². The summed E-state index contributed by atoms with van der Waals surface area (Å²) in [4.78, 5) is 99.6. The molecule has 20 N–H and O–H groups in total. The zero-order chi connectivity index (χ0) is 83.7. The van der Waals surface area contributed by atoms with Crippen LogP contribution in [0.3, 0.4) is 0 Å². The predicted octanol–water partition coefficient (Wildman–Crippen LogP) is -1.54. The number of nitrogens with one attached hydrogen (secondary N) is 1. The van der Waals surface area contributed by atoms with E-state index in [2.05, 4.69) is 128 Å². The maximum Gasteiger partial charge on any atom is 0.488 e. The van der Waals surface area contributed by atoms with Crippen molar-refractivity contribution in [2.45, 2.75) is 162 Å². The number of carbonyl (C=O) groups excluding carboxylic acids is 5. The van der Waals surface area contributed by atoms with Crippen LogP contribution in [0, 0.1) is 17.8 Å². The van der Waals surface area contributed by atoms with Gasteiger partial charge in [0.15, 0.2) is 37.5 Å². The van der Waals surface area contributed by atoms with Gasteiger partial charge in [-0.25, -0.2) is 18.2 Å². The number of benzene rings is 3. The summed E-state index contributed by atoms with van der Waals surface area (Å²) in [5, 5.41) is 113. The van der Waals surface area contributed by atoms with E-state index in [0.717, 1.165) is 25.4 Å². The molecule has 8 aliphatic heterocycles. The molecule has 22 unspecified atom stereocenters. The van der Waals surface area contributed by atoms with Crippen LogP contribution in [0.2, 0.25) is 0 Å². The van der Waals surface area contributed by atoms with Crippen LogP contribution in [0.4, 0.5) is 4.79 Å². The fraction of sp³-hybridized carbons (Fsp3) is 0.451. The molecule has 0 spiro atoms. The average molecular weight is 1900 g/mol. The molecule has 115 heavy (non-hydrogen) atoms. The number of nitrogens with zero attached hydrogens (tertiary/aromatic N) is 4. The van der Waals surface area contributed by atoms with E-state index in [-0.39, 0.29) is 81.2 Å². The van der Waals surface area contributed by atoms with Crippen LogP contribution in [0.5, 0.6) is 0 Å². The number of phosphoric acid groups is 2. The van der Waals surface area contributed by atoms with E-state index >= 15 is 0 Å². The Bertz CT molecular complexity index is 4150. The van der Waals surface area contributed by atoms with Crippen molar-refractivity contribution in [2.75, 3.05) is 33.3 Å². The molecule has 44 heteroatoms. The van der Waals surface area contributed by atoms with E-state index in [4.69, 9.17) is 65.2 Å². The summed E-state index contributed by atoms with van der Waals surface area (Å²) in [5.74, 6) is 4.76.